The number of anilines is 2. The summed E-state index contributed by atoms with van der Waals surface area (Å²) in [5.41, 5.74) is 0.201. The van der Waals surface area contributed by atoms with Crippen LogP contribution in [0.1, 0.15) is 9.67 Å². The third kappa shape index (κ3) is 3.34. The van der Waals surface area contributed by atoms with Crippen molar-refractivity contribution in [3.8, 4) is 0 Å². The Labute approximate surface area is 131 Å². The van der Waals surface area contributed by atoms with E-state index in [1.807, 2.05) is 0 Å². The predicted molar refractivity (Wildman–Crippen MR) is 82.8 cm³/mol. The second kappa shape index (κ2) is 6.28. The molecule has 0 aromatic carbocycles. The molecule has 1 N–H and O–H groups in total. The Hall–Kier alpha value is -2.20. The highest BCUT2D eigenvalue weighted by Crippen LogP contribution is 2.24. The van der Waals surface area contributed by atoms with Gasteiger partial charge in [0.2, 0.25) is 5.95 Å². The smallest absolute Gasteiger partial charge is 0.349 e. The molecule has 22 heavy (non-hydrogen) atoms. The molecule has 10 heteroatoms. The number of nitrogens with zero attached hydrogens (tertiary/aromatic N) is 3. The second-order valence-electron chi connectivity index (χ2n) is 4.38. The van der Waals surface area contributed by atoms with E-state index in [-0.39, 0.29) is 15.5 Å². The maximum atomic E-state index is 12.3. The number of thiophene rings is 1. The summed E-state index contributed by atoms with van der Waals surface area (Å²) in [6.07, 6.45) is 2.70. The zero-order valence-electron chi connectivity index (χ0n) is 12.1. The van der Waals surface area contributed by atoms with Crippen molar-refractivity contribution in [2.75, 3.05) is 30.8 Å². The quantitative estimate of drug-likeness (QED) is 0.814. The maximum Gasteiger partial charge on any atom is 0.349 e. The SMILES string of the molecule is COC(=O)c1sccc1S(=O)(=O)Nc1cnc(N(C)C)nc1. The molecule has 118 valence electrons. The van der Waals surface area contributed by atoms with E-state index in [1.165, 1.54) is 30.9 Å². The van der Waals surface area contributed by atoms with Crippen molar-refractivity contribution in [3.63, 3.8) is 0 Å². The van der Waals surface area contributed by atoms with Gasteiger partial charge >= 0.3 is 5.97 Å². The number of carbonyl (C=O) groups excluding carboxylic acids is 1. The standard InChI is InChI=1S/C12H14N4O4S2/c1-16(2)12-13-6-8(7-14-12)15-22(18,19)9-4-5-21-10(9)11(17)20-3/h4-7,15H,1-3H3. The highest BCUT2D eigenvalue weighted by atomic mass is 32.2. The molecule has 0 amide bonds. The number of ether oxygens (including phenoxy) is 1. The summed E-state index contributed by atoms with van der Waals surface area (Å²) < 4.78 is 31.6. The van der Waals surface area contributed by atoms with Crippen LogP contribution in [0.4, 0.5) is 11.6 Å². The third-order valence-corrected chi connectivity index (χ3v) is 5.03. The number of nitrogens with one attached hydrogen (secondary N) is 1. The van der Waals surface area contributed by atoms with Crippen molar-refractivity contribution in [2.45, 2.75) is 4.90 Å². The number of methoxy groups -OCH3 is 1. The van der Waals surface area contributed by atoms with Crippen molar-refractivity contribution < 1.29 is 17.9 Å². The van der Waals surface area contributed by atoms with Gasteiger partial charge in [-0.2, -0.15) is 0 Å². The lowest BCUT2D eigenvalue weighted by atomic mass is 10.5. The summed E-state index contributed by atoms with van der Waals surface area (Å²) in [5, 5.41) is 1.51. The molecule has 8 nitrogen and oxygen atoms in total. The van der Waals surface area contributed by atoms with Crippen LogP contribution in [0, 0.1) is 0 Å². The van der Waals surface area contributed by atoms with E-state index in [2.05, 4.69) is 19.4 Å². The lowest BCUT2D eigenvalue weighted by Gasteiger charge is -2.11. The molecule has 2 heterocycles. The molecule has 0 fully saturated rings. The number of hydrogen-bond acceptors (Lipinski definition) is 8. The van der Waals surface area contributed by atoms with Crippen molar-refractivity contribution in [1.82, 2.24) is 9.97 Å². The summed E-state index contributed by atoms with van der Waals surface area (Å²) in [5.74, 6) is -0.247. The maximum absolute atomic E-state index is 12.3. The van der Waals surface area contributed by atoms with Gasteiger partial charge in [0.05, 0.1) is 25.2 Å². The van der Waals surface area contributed by atoms with Gasteiger partial charge in [-0.15, -0.1) is 11.3 Å². The van der Waals surface area contributed by atoms with Gasteiger partial charge < -0.3 is 9.64 Å². The molecule has 0 aliphatic heterocycles. The number of sulfonamides is 1. The third-order valence-electron chi connectivity index (χ3n) is 2.58. The molecule has 0 saturated carbocycles. The summed E-state index contributed by atoms with van der Waals surface area (Å²) >= 11 is 0.994. The fraction of sp³-hybridized carbons (Fsp3) is 0.250. The minimum atomic E-state index is -3.92. The van der Waals surface area contributed by atoms with Crippen molar-refractivity contribution in [1.29, 1.82) is 0 Å². The summed E-state index contributed by atoms with van der Waals surface area (Å²) in [6.45, 7) is 0. The molecule has 2 aromatic rings. The Morgan fingerprint density at radius 1 is 1.32 bits per heavy atom. The highest BCUT2D eigenvalue weighted by Gasteiger charge is 2.24. The number of rotatable bonds is 5. The Kier molecular flexibility index (Phi) is 4.62. The molecular weight excluding hydrogens is 328 g/mol. The molecule has 0 spiro atoms. The first-order chi connectivity index (χ1) is 10.3. The normalized spacial score (nSPS) is 11.0. The number of esters is 1. The van der Waals surface area contributed by atoms with E-state index in [1.54, 1.807) is 19.0 Å². The van der Waals surface area contributed by atoms with Crippen molar-refractivity contribution in [3.05, 3.63) is 28.7 Å². The van der Waals surface area contributed by atoms with Crippen LogP contribution in [0.3, 0.4) is 0 Å². The fourth-order valence-corrected chi connectivity index (χ4v) is 3.93. The van der Waals surface area contributed by atoms with E-state index in [0.29, 0.717) is 5.95 Å². The van der Waals surface area contributed by atoms with Gasteiger partial charge in [-0.3, -0.25) is 4.72 Å². The van der Waals surface area contributed by atoms with Crippen molar-refractivity contribution >= 4 is 39.0 Å². The Morgan fingerprint density at radius 2 is 1.95 bits per heavy atom. The Bertz CT molecular complexity index is 769. The molecule has 0 aliphatic carbocycles. The average molecular weight is 342 g/mol. The van der Waals surface area contributed by atoms with E-state index >= 15 is 0 Å². The lowest BCUT2D eigenvalue weighted by Crippen LogP contribution is -2.17. The molecule has 0 bridgehead atoms. The van der Waals surface area contributed by atoms with Crippen LogP contribution in [0.25, 0.3) is 0 Å². The molecule has 0 unspecified atom stereocenters. The minimum Gasteiger partial charge on any atom is -0.465 e. The zero-order valence-corrected chi connectivity index (χ0v) is 13.7. The topological polar surface area (TPSA) is 101 Å². The monoisotopic (exact) mass is 342 g/mol. The van der Waals surface area contributed by atoms with E-state index in [9.17, 15) is 13.2 Å². The van der Waals surface area contributed by atoms with Crippen LogP contribution >= 0.6 is 11.3 Å². The largest absolute Gasteiger partial charge is 0.465 e. The molecule has 0 aliphatic rings. The summed E-state index contributed by atoms with van der Waals surface area (Å²) in [7, 11) is 0.813. The van der Waals surface area contributed by atoms with Gasteiger partial charge in [-0.05, 0) is 11.4 Å². The number of aromatic nitrogens is 2. The van der Waals surface area contributed by atoms with Crippen LogP contribution in [0.15, 0.2) is 28.7 Å². The van der Waals surface area contributed by atoms with Gasteiger partial charge in [0, 0.05) is 14.1 Å². The van der Waals surface area contributed by atoms with Crippen LogP contribution < -0.4 is 9.62 Å². The van der Waals surface area contributed by atoms with Crippen LogP contribution in [0.5, 0.6) is 0 Å². The molecule has 0 atom stereocenters. The van der Waals surface area contributed by atoms with E-state index < -0.39 is 16.0 Å². The average Bonchev–Trinajstić information content (AvgIpc) is 2.97. The number of carbonyl (C=O) groups is 1. The minimum absolute atomic E-state index is 0.0147. The van der Waals surface area contributed by atoms with Gasteiger partial charge in [0.15, 0.2) is 0 Å². The van der Waals surface area contributed by atoms with Crippen LogP contribution in [0.2, 0.25) is 0 Å². The lowest BCUT2D eigenvalue weighted by molar-refractivity contribution is 0.0602. The molecular formula is C12H14N4O4S2. The Morgan fingerprint density at radius 3 is 2.50 bits per heavy atom. The van der Waals surface area contributed by atoms with Crippen molar-refractivity contribution in [2.24, 2.45) is 0 Å². The van der Waals surface area contributed by atoms with Crippen LogP contribution in [-0.4, -0.2) is 45.6 Å². The highest BCUT2D eigenvalue weighted by molar-refractivity contribution is 7.93. The molecule has 0 saturated heterocycles. The fourth-order valence-electron chi connectivity index (χ4n) is 1.57. The van der Waals surface area contributed by atoms with Crippen LogP contribution in [-0.2, 0) is 14.8 Å². The first kappa shape index (κ1) is 16.2. The first-order valence-electron chi connectivity index (χ1n) is 6.03. The summed E-state index contributed by atoms with van der Waals surface area (Å²) in [4.78, 5) is 21.2. The second-order valence-corrected chi connectivity index (χ2v) is 6.94. The van der Waals surface area contributed by atoms with E-state index in [4.69, 9.17) is 0 Å². The predicted octanol–water partition coefficient (Wildman–Crippen LogP) is 1.19. The number of hydrogen-bond donors (Lipinski definition) is 1. The Balaban J connectivity index is 2.28. The molecule has 0 radical (unpaired) electrons. The zero-order chi connectivity index (χ0) is 16.3. The van der Waals surface area contributed by atoms with Gasteiger partial charge in [-0.25, -0.2) is 23.2 Å². The summed E-state index contributed by atoms with van der Waals surface area (Å²) in [6, 6.07) is 1.34. The first-order valence-corrected chi connectivity index (χ1v) is 8.39. The van der Waals surface area contributed by atoms with E-state index in [0.717, 1.165) is 11.3 Å². The van der Waals surface area contributed by atoms with Gasteiger partial charge in [0.1, 0.15) is 9.77 Å². The molecule has 2 aromatic heterocycles. The molecule has 2 rings (SSSR count). The van der Waals surface area contributed by atoms with Gasteiger partial charge in [0.25, 0.3) is 10.0 Å². The van der Waals surface area contributed by atoms with Gasteiger partial charge in [-0.1, -0.05) is 0 Å².